The Morgan fingerprint density at radius 3 is 2.73 bits per heavy atom. The summed E-state index contributed by atoms with van der Waals surface area (Å²) in [5.74, 6) is -1.47. The fraction of sp³-hybridized carbons (Fsp3) is 0.400. The van der Waals surface area contributed by atoms with Crippen molar-refractivity contribution in [2.45, 2.75) is 32.0 Å². The van der Waals surface area contributed by atoms with Crippen molar-refractivity contribution < 1.29 is 24.2 Å². The zero-order chi connectivity index (χ0) is 16.1. The first-order valence-electron chi connectivity index (χ1n) is 6.99. The maximum absolute atomic E-state index is 12.1. The Morgan fingerprint density at radius 2 is 2.09 bits per heavy atom. The van der Waals surface area contributed by atoms with Crippen molar-refractivity contribution in [3.63, 3.8) is 0 Å². The molecule has 2 N–H and O–H groups in total. The highest BCUT2D eigenvalue weighted by atomic mass is 16.5. The molecule has 1 aromatic carbocycles. The Kier molecular flexibility index (Phi) is 4.98. The van der Waals surface area contributed by atoms with E-state index in [2.05, 4.69) is 5.32 Å². The lowest BCUT2D eigenvalue weighted by Crippen LogP contribution is -2.46. The molecule has 2 rings (SSSR count). The van der Waals surface area contributed by atoms with Crippen molar-refractivity contribution in [1.82, 2.24) is 10.2 Å². The molecular weight excluding hydrogens is 288 g/mol. The number of ether oxygens (including phenoxy) is 1. The molecule has 118 valence electrons. The topological polar surface area (TPSA) is 95.9 Å². The number of carboxylic acid groups (broad SMARTS) is 1. The van der Waals surface area contributed by atoms with Crippen molar-refractivity contribution in [2.24, 2.45) is 0 Å². The van der Waals surface area contributed by atoms with E-state index in [-0.39, 0.29) is 6.61 Å². The maximum Gasteiger partial charge on any atom is 0.408 e. The first kappa shape index (κ1) is 15.8. The van der Waals surface area contributed by atoms with Crippen LogP contribution in [0.1, 0.15) is 18.9 Å². The average molecular weight is 306 g/mol. The van der Waals surface area contributed by atoms with Gasteiger partial charge in [-0.25, -0.2) is 9.59 Å². The van der Waals surface area contributed by atoms with Gasteiger partial charge in [0.05, 0.1) is 0 Å². The second-order valence-corrected chi connectivity index (χ2v) is 5.09. The number of alkyl carbamates (subject to hydrolysis) is 1. The third-order valence-electron chi connectivity index (χ3n) is 3.57. The summed E-state index contributed by atoms with van der Waals surface area (Å²) >= 11 is 0. The van der Waals surface area contributed by atoms with Crippen molar-refractivity contribution in [2.75, 3.05) is 6.54 Å². The predicted molar refractivity (Wildman–Crippen MR) is 77.0 cm³/mol. The molecule has 0 saturated carbocycles. The fourth-order valence-electron chi connectivity index (χ4n) is 2.26. The number of nitrogens with zero attached hydrogens (tertiary/aromatic N) is 1. The third-order valence-corrected chi connectivity index (χ3v) is 3.57. The number of carbonyl (C=O) groups excluding carboxylic acids is 2. The molecular formula is C15H18N2O5. The zero-order valence-electron chi connectivity index (χ0n) is 12.2. The van der Waals surface area contributed by atoms with E-state index >= 15 is 0 Å². The lowest BCUT2D eigenvalue weighted by Gasteiger charge is -2.21. The van der Waals surface area contributed by atoms with Gasteiger partial charge in [-0.15, -0.1) is 0 Å². The highest BCUT2D eigenvalue weighted by Crippen LogP contribution is 2.15. The van der Waals surface area contributed by atoms with Crippen LogP contribution in [0.25, 0.3) is 0 Å². The molecule has 7 heteroatoms. The summed E-state index contributed by atoms with van der Waals surface area (Å²) in [6.07, 6.45) is -0.316. The number of likely N-dealkylation sites (tertiary alicyclic amines) is 1. The van der Waals surface area contributed by atoms with Gasteiger partial charge >= 0.3 is 12.1 Å². The molecule has 2 amide bonds. The Morgan fingerprint density at radius 1 is 1.41 bits per heavy atom. The average Bonchev–Trinajstić information content (AvgIpc) is 2.86. The van der Waals surface area contributed by atoms with Gasteiger partial charge in [-0.1, -0.05) is 30.3 Å². The second-order valence-electron chi connectivity index (χ2n) is 5.09. The van der Waals surface area contributed by atoms with Crippen LogP contribution in [-0.2, 0) is 20.9 Å². The molecule has 1 aromatic rings. The highest BCUT2D eigenvalue weighted by Gasteiger charge is 2.37. The van der Waals surface area contributed by atoms with Crippen molar-refractivity contribution in [3.05, 3.63) is 35.9 Å². The van der Waals surface area contributed by atoms with Gasteiger partial charge in [0.25, 0.3) is 0 Å². The van der Waals surface area contributed by atoms with Crippen molar-refractivity contribution in [3.8, 4) is 0 Å². The molecule has 0 bridgehead atoms. The maximum atomic E-state index is 12.1. The van der Waals surface area contributed by atoms with Crippen LogP contribution < -0.4 is 5.32 Å². The summed E-state index contributed by atoms with van der Waals surface area (Å²) in [4.78, 5) is 35.9. The molecule has 0 spiro atoms. The number of hydrogen-bond acceptors (Lipinski definition) is 4. The molecule has 1 saturated heterocycles. The Bertz CT molecular complexity index is 560. The minimum Gasteiger partial charge on any atom is -0.480 e. The van der Waals surface area contributed by atoms with Crippen LogP contribution in [0.4, 0.5) is 4.79 Å². The molecule has 22 heavy (non-hydrogen) atoms. The van der Waals surface area contributed by atoms with Crippen molar-refractivity contribution in [1.29, 1.82) is 0 Å². The van der Waals surface area contributed by atoms with E-state index in [1.807, 2.05) is 30.3 Å². The largest absolute Gasteiger partial charge is 0.480 e. The SMILES string of the molecule is CC(C(=O)O)N1CC[C@H](NC(=O)OCc2ccccc2)C1=O. The lowest BCUT2D eigenvalue weighted by molar-refractivity contribution is -0.147. The molecule has 0 aromatic heterocycles. The van der Waals surface area contributed by atoms with Gasteiger partial charge in [-0.3, -0.25) is 4.79 Å². The van der Waals surface area contributed by atoms with Crippen LogP contribution in [0.2, 0.25) is 0 Å². The van der Waals surface area contributed by atoms with Crippen LogP contribution in [0, 0.1) is 0 Å². The number of nitrogens with one attached hydrogen (secondary N) is 1. The molecule has 7 nitrogen and oxygen atoms in total. The van der Waals surface area contributed by atoms with Crippen LogP contribution in [0.3, 0.4) is 0 Å². The molecule has 1 aliphatic heterocycles. The quantitative estimate of drug-likeness (QED) is 0.845. The second kappa shape index (κ2) is 6.93. The van der Waals surface area contributed by atoms with Crippen LogP contribution in [0.5, 0.6) is 0 Å². The monoisotopic (exact) mass is 306 g/mol. The van der Waals surface area contributed by atoms with E-state index in [1.165, 1.54) is 11.8 Å². The number of benzene rings is 1. The Labute approximate surface area is 127 Å². The van der Waals surface area contributed by atoms with E-state index in [0.717, 1.165) is 5.56 Å². The highest BCUT2D eigenvalue weighted by molar-refractivity contribution is 5.90. The van der Waals surface area contributed by atoms with E-state index in [1.54, 1.807) is 0 Å². The molecule has 0 radical (unpaired) electrons. The van der Waals surface area contributed by atoms with Crippen molar-refractivity contribution >= 4 is 18.0 Å². The van der Waals surface area contributed by atoms with Gasteiger partial charge in [-0.2, -0.15) is 0 Å². The fourth-order valence-corrected chi connectivity index (χ4v) is 2.26. The van der Waals surface area contributed by atoms with E-state index in [9.17, 15) is 14.4 Å². The van der Waals surface area contributed by atoms with Gasteiger partial charge < -0.3 is 20.1 Å². The molecule has 2 atom stereocenters. The number of hydrogen-bond donors (Lipinski definition) is 2. The Balaban J connectivity index is 1.82. The molecule has 1 unspecified atom stereocenters. The van der Waals surface area contributed by atoms with Crippen LogP contribution >= 0.6 is 0 Å². The predicted octanol–water partition coefficient (Wildman–Crippen LogP) is 0.987. The van der Waals surface area contributed by atoms with E-state index < -0.39 is 30.1 Å². The van der Waals surface area contributed by atoms with Crippen LogP contribution in [0.15, 0.2) is 30.3 Å². The lowest BCUT2D eigenvalue weighted by atomic mass is 10.2. The Hall–Kier alpha value is -2.57. The first-order valence-corrected chi connectivity index (χ1v) is 6.99. The molecule has 0 aliphatic carbocycles. The smallest absolute Gasteiger partial charge is 0.408 e. The number of carbonyl (C=O) groups is 3. The minimum absolute atomic E-state index is 0.114. The first-order chi connectivity index (χ1) is 10.5. The number of aliphatic carboxylic acids is 1. The number of carboxylic acids is 1. The summed E-state index contributed by atoms with van der Waals surface area (Å²) in [6, 6.07) is 7.54. The molecule has 1 heterocycles. The van der Waals surface area contributed by atoms with E-state index in [0.29, 0.717) is 13.0 Å². The summed E-state index contributed by atoms with van der Waals surface area (Å²) in [5, 5.41) is 11.4. The summed E-state index contributed by atoms with van der Waals surface area (Å²) in [7, 11) is 0. The standard InChI is InChI=1S/C15H18N2O5/c1-10(14(19)20)17-8-7-12(13(17)18)16-15(21)22-9-11-5-3-2-4-6-11/h2-6,10,12H,7-9H2,1H3,(H,16,21)(H,19,20)/t10?,12-/m0/s1. The summed E-state index contributed by atoms with van der Waals surface area (Å²) in [5.41, 5.74) is 0.844. The summed E-state index contributed by atoms with van der Waals surface area (Å²) < 4.78 is 5.04. The normalized spacial score (nSPS) is 18.9. The molecule has 1 fully saturated rings. The number of amides is 2. The van der Waals surface area contributed by atoms with Gasteiger partial charge in [0, 0.05) is 6.54 Å². The third kappa shape index (κ3) is 3.75. The summed E-state index contributed by atoms with van der Waals surface area (Å²) in [6.45, 7) is 1.86. The molecule has 1 aliphatic rings. The van der Waals surface area contributed by atoms with Crippen LogP contribution in [-0.4, -0.2) is 46.6 Å². The van der Waals surface area contributed by atoms with E-state index in [4.69, 9.17) is 9.84 Å². The van der Waals surface area contributed by atoms with Gasteiger partial charge in [0.15, 0.2) is 0 Å². The van der Waals surface area contributed by atoms with Gasteiger partial charge in [0.1, 0.15) is 18.7 Å². The zero-order valence-corrected chi connectivity index (χ0v) is 12.2. The minimum atomic E-state index is -1.07. The van der Waals surface area contributed by atoms with Gasteiger partial charge in [0.2, 0.25) is 5.91 Å². The van der Waals surface area contributed by atoms with Gasteiger partial charge in [-0.05, 0) is 18.9 Å². The number of rotatable bonds is 5.